The van der Waals surface area contributed by atoms with Crippen molar-refractivity contribution in [2.45, 2.75) is 46.6 Å². The first-order valence-corrected chi connectivity index (χ1v) is 13.3. The lowest BCUT2D eigenvalue weighted by Crippen LogP contribution is -2.34. The van der Waals surface area contributed by atoms with Crippen LogP contribution in [0.2, 0.25) is 0 Å². The number of nitrogens with zero attached hydrogens (tertiary/aromatic N) is 2. The third-order valence-electron chi connectivity index (χ3n) is 7.58. The maximum Gasteiger partial charge on any atom is 0.338 e. The molecule has 0 radical (unpaired) electrons. The van der Waals surface area contributed by atoms with Crippen molar-refractivity contribution < 1.29 is 23.9 Å². The molecule has 0 aliphatic carbocycles. The minimum Gasteiger partial charge on any atom is -0.469 e. The number of benzene rings is 3. The predicted molar refractivity (Wildman–Crippen MR) is 154 cm³/mol. The van der Waals surface area contributed by atoms with Crippen LogP contribution in [-0.4, -0.2) is 44.7 Å². The highest BCUT2D eigenvalue weighted by Gasteiger charge is 2.31. The average Bonchev–Trinajstić information content (AvgIpc) is 3.34. The number of carbonyl (C=O) groups excluding carboxylic acids is 3. The van der Waals surface area contributed by atoms with Gasteiger partial charge in [0.15, 0.2) is 5.78 Å². The molecule has 0 saturated heterocycles. The largest absolute Gasteiger partial charge is 0.469 e. The number of anilines is 3. The fraction of sp³-hybridized carbons (Fsp3) is 0.344. The molecule has 0 spiro atoms. The van der Waals surface area contributed by atoms with Gasteiger partial charge in [0.25, 0.3) is 0 Å². The normalized spacial score (nSPS) is 14.0. The van der Waals surface area contributed by atoms with E-state index in [-0.39, 0.29) is 18.2 Å². The fourth-order valence-electron chi connectivity index (χ4n) is 5.07. The fourth-order valence-corrected chi connectivity index (χ4v) is 5.07. The molecule has 0 aromatic heterocycles. The first kappa shape index (κ1) is 27.9. The van der Waals surface area contributed by atoms with Crippen molar-refractivity contribution in [3.8, 4) is 11.1 Å². The Morgan fingerprint density at radius 2 is 1.64 bits per heavy atom. The quantitative estimate of drug-likeness (QED) is 0.230. The molecule has 2 unspecified atom stereocenters. The van der Waals surface area contributed by atoms with E-state index in [9.17, 15) is 14.4 Å². The van der Waals surface area contributed by atoms with Crippen LogP contribution < -0.4 is 9.80 Å². The van der Waals surface area contributed by atoms with Gasteiger partial charge in [-0.25, -0.2) is 4.79 Å². The minimum atomic E-state index is -0.478. The molecule has 1 aliphatic heterocycles. The van der Waals surface area contributed by atoms with Crippen LogP contribution >= 0.6 is 0 Å². The SMILES string of the molecule is CCC(C)N1CN(c2ccc(-c3cccc(C)c3C(=O)OC)cc2)c2cc(C(=O)C(C)CC(=O)OC)ccc21. The number of hydrogen-bond donors (Lipinski definition) is 0. The summed E-state index contributed by atoms with van der Waals surface area (Å²) in [6, 6.07) is 20.0. The van der Waals surface area contributed by atoms with Gasteiger partial charge in [-0.05, 0) is 67.3 Å². The standard InChI is InChI=1S/C32H36N2O5/c1-7-22(4)33-19-34(28-18-24(13-16-27(28)33)31(36)21(3)17-29(35)38-5)25-14-11-23(12-15-25)26-10-8-9-20(2)30(26)32(37)39-6/h8-16,18,21-22H,7,17,19H2,1-6H3. The molecule has 3 aromatic carbocycles. The van der Waals surface area contributed by atoms with E-state index in [1.807, 2.05) is 67.6 Å². The topological polar surface area (TPSA) is 76.2 Å². The molecule has 0 amide bonds. The van der Waals surface area contributed by atoms with Gasteiger partial charge in [-0.1, -0.05) is 44.2 Å². The predicted octanol–water partition coefficient (Wildman–Crippen LogP) is 6.54. The summed E-state index contributed by atoms with van der Waals surface area (Å²) in [5, 5.41) is 0. The van der Waals surface area contributed by atoms with Crippen LogP contribution in [-0.2, 0) is 14.3 Å². The van der Waals surface area contributed by atoms with E-state index >= 15 is 0 Å². The second-order valence-corrected chi connectivity index (χ2v) is 10.1. The summed E-state index contributed by atoms with van der Waals surface area (Å²) in [5.41, 5.74) is 6.73. The number of ether oxygens (including phenoxy) is 2. The van der Waals surface area contributed by atoms with Gasteiger partial charge < -0.3 is 19.3 Å². The monoisotopic (exact) mass is 528 g/mol. The number of esters is 2. The van der Waals surface area contributed by atoms with E-state index in [0.29, 0.717) is 23.8 Å². The Bertz CT molecular complexity index is 1380. The van der Waals surface area contributed by atoms with Gasteiger partial charge in [0.2, 0.25) is 0 Å². The Balaban J connectivity index is 1.70. The summed E-state index contributed by atoms with van der Waals surface area (Å²) in [7, 11) is 2.72. The minimum absolute atomic E-state index is 0.0448. The van der Waals surface area contributed by atoms with Gasteiger partial charge in [-0.3, -0.25) is 9.59 Å². The molecule has 1 aliphatic rings. The molecule has 4 rings (SSSR count). The molecule has 0 N–H and O–H groups in total. The zero-order valence-electron chi connectivity index (χ0n) is 23.5. The Kier molecular flexibility index (Phi) is 8.38. The van der Waals surface area contributed by atoms with Crippen LogP contribution in [0.3, 0.4) is 0 Å². The van der Waals surface area contributed by atoms with E-state index in [1.54, 1.807) is 6.92 Å². The zero-order chi connectivity index (χ0) is 28.3. The molecule has 7 nitrogen and oxygen atoms in total. The molecular weight excluding hydrogens is 492 g/mol. The van der Waals surface area contributed by atoms with Gasteiger partial charge in [-0.15, -0.1) is 0 Å². The zero-order valence-corrected chi connectivity index (χ0v) is 23.5. The van der Waals surface area contributed by atoms with Gasteiger partial charge in [0.05, 0.1) is 44.2 Å². The van der Waals surface area contributed by atoms with Gasteiger partial charge in [-0.2, -0.15) is 0 Å². The molecule has 7 heteroatoms. The highest BCUT2D eigenvalue weighted by Crippen LogP contribution is 2.43. The molecule has 204 valence electrons. The Hall–Kier alpha value is -4.13. The first-order valence-electron chi connectivity index (χ1n) is 13.3. The smallest absolute Gasteiger partial charge is 0.338 e. The third kappa shape index (κ3) is 5.53. The number of ketones is 1. The first-order chi connectivity index (χ1) is 18.7. The van der Waals surface area contributed by atoms with Crippen molar-refractivity contribution >= 4 is 34.8 Å². The highest BCUT2D eigenvalue weighted by molar-refractivity contribution is 6.02. The summed E-state index contributed by atoms with van der Waals surface area (Å²) in [6.07, 6.45) is 1.02. The van der Waals surface area contributed by atoms with Crippen molar-refractivity contribution in [1.29, 1.82) is 0 Å². The number of hydrogen-bond acceptors (Lipinski definition) is 7. The third-order valence-corrected chi connectivity index (χ3v) is 7.58. The average molecular weight is 529 g/mol. The number of methoxy groups -OCH3 is 2. The van der Waals surface area contributed by atoms with Crippen LogP contribution in [0.25, 0.3) is 11.1 Å². The summed E-state index contributed by atoms with van der Waals surface area (Å²) in [6.45, 7) is 8.66. The van der Waals surface area contributed by atoms with E-state index in [2.05, 4.69) is 23.6 Å². The summed E-state index contributed by atoms with van der Waals surface area (Å²) in [4.78, 5) is 41.9. The Morgan fingerprint density at radius 1 is 0.923 bits per heavy atom. The van der Waals surface area contributed by atoms with Crippen molar-refractivity contribution in [3.63, 3.8) is 0 Å². The second-order valence-electron chi connectivity index (χ2n) is 10.1. The van der Waals surface area contributed by atoms with Gasteiger partial charge in [0, 0.05) is 23.2 Å². The van der Waals surface area contributed by atoms with Crippen LogP contribution in [0.1, 0.15) is 59.9 Å². The van der Waals surface area contributed by atoms with Crippen molar-refractivity contribution in [2.75, 3.05) is 30.7 Å². The number of rotatable bonds is 9. The lowest BCUT2D eigenvalue weighted by molar-refractivity contribution is -0.141. The van der Waals surface area contributed by atoms with E-state index in [1.165, 1.54) is 14.2 Å². The molecule has 3 aromatic rings. The molecule has 39 heavy (non-hydrogen) atoms. The maximum atomic E-state index is 13.2. The van der Waals surface area contributed by atoms with E-state index in [4.69, 9.17) is 9.47 Å². The van der Waals surface area contributed by atoms with E-state index < -0.39 is 11.9 Å². The van der Waals surface area contributed by atoms with Crippen molar-refractivity contribution in [1.82, 2.24) is 0 Å². The summed E-state index contributed by atoms with van der Waals surface area (Å²) < 4.78 is 9.79. The molecule has 1 heterocycles. The van der Waals surface area contributed by atoms with Gasteiger partial charge in [0.1, 0.15) is 0 Å². The Morgan fingerprint density at radius 3 is 2.28 bits per heavy atom. The number of Topliss-reactive ketones (excluding diaryl/α,β-unsaturated/α-hetero) is 1. The van der Waals surface area contributed by atoms with Gasteiger partial charge >= 0.3 is 11.9 Å². The molecule has 0 fully saturated rings. The number of carbonyl (C=O) groups is 3. The summed E-state index contributed by atoms with van der Waals surface area (Å²) >= 11 is 0. The van der Waals surface area contributed by atoms with Crippen LogP contribution in [0, 0.1) is 12.8 Å². The molecule has 0 saturated carbocycles. The van der Waals surface area contributed by atoms with Crippen molar-refractivity contribution in [3.05, 3.63) is 77.4 Å². The molecule has 0 bridgehead atoms. The van der Waals surface area contributed by atoms with E-state index in [0.717, 1.165) is 40.2 Å². The lowest BCUT2D eigenvalue weighted by atomic mass is 9.95. The van der Waals surface area contributed by atoms with Crippen LogP contribution in [0.4, 0.5) is 17.1 Å². The lowest BCUT2D eigenvalue weighted by Gasteiger charge is -2.27. The van der Waals surface area contributed by atoms with Crippen LogP contribution in [0.5, 0.6) is 0 Å². The van der Waals surface area contributed by atoms with Crippen LogP contribution in [0.15, 0.2) is 60.7 Å². The number of fused-ring (bicyclic) bond motifs is 1. The number of aryl methyl sites for hydroxylation is 1. The highest BCUT2D eigenvalue weighted by atomic mass is 16.5. The molecule has 2 atom stereocenters. The van der Waals surface area contributed by atoms with Crippen molar-refractivity contribution in [2.24, 2.45) is 5.92 Å². The maximum absolute atomic E-state index is 13.2. The summed E-state index contributed by atoms with van der Waals surface area (Å²) in [5.74, 6) is -1.32. The second kappa shape index (κ2) is 11.7. The molecular formula is C32H36N2O5. The Labute approximate surface area is 230 Å².